The van der Waals surface area contributed by atoms with Gasteiger partial charge in [-0.1, -0.05) is 11.6 Å². The Morgan fingerprint density at radius 3 is 2.60 bits per heavy atom. The molecule has 0 aliphatic carbocycles. The largest absolute Gasteiger partial charge is 0.465 e. The van der Waals surface area contributed by atoms with Crippen LogP contribution >= 0.6 is 11.6 Å². The maximum absolute atomic E-state index is 11.7. The van der Waals surface area contributed by atoms with Gasteiger partial charge in [-0.15, -0.1) is 0 Å². The van der Waals surface area contributed by atoms with Crippen LogP contribution in [0.3, 0.4) is 0 Å². The van der Waals surface area contributed by atoms with Crippen molar-refractivity contribution < 1.29 is 13.7 Å². The van der Waals surface area contributed by atoms with Gasteiger partial charge in [0.1, 0.15) is 0 Å². The number of carbonyl (C=O) groups excluding carboxylic acids is 1. The molecule has 0 N–H and O–H groups in total. The summed E-state index contributed by atoms with van der Waals surface area (Å²) in [6.07, 6.45) is 1.50. The van der Waals surface area contributed by atoms with E-state index in [0.717, 1.165) is 0 Å². The van der Waals surface area contributed by atoms with E-state index in [-0.39, 0.29) is 10.6 Å². The molecule has 5 heteroatoms. The van der Waals surface area contributed by atoms with E-state index in [1.54, 1.807) is 6.07 Å². The molecule has 1 unspecified atom stereocenters. The van der Waals surface area contributed by atoms with E-state index in [2.05, 4.69) is 10.6 Å². The predicted molar refractivity (Wildman–Crippen MR) is 62.2 cm³/mol. The van der Waals surface area contributed by atoms with E-state index in [1.807, 2.05) is 0 Å². The number of ether oxygens (including phenoxy) is 1. The zero-order valence-corrected chi connectivity index (χ0v) is 10.0. The first-order valence-electron chi connectivity index (χ1n) is 4.06. The molecular formula is C10H11ClO3S. The summed E-state index contributed by atoms with van der Waals surface area (Å²) in [5.41, 5.74) is 0.204. The van der Waals surface area contributed by atoms with Crippen molar-refractivity contribution >= 4 is 33.0 Å². The van der Waals surface area contributed by atoms with Gasteiger partial charge >= 0.3 is 5.97 Å². The van der Waals surface area contributed by atoms with E-state index in [9.17, 15) is 9.00 Å². The number of benzene rings is 1. The minimum Gasteiger partial charge on any atom is -0.465 e. The van der Waals surface area contributed by atoms with Crippen LogP contribution in [-0.2, 0) is 14.3 Å². The minimum atomic E-state index is -2.35. The fraction of sp³-hybridized carbons (Fsp3) is 0.200. The van der Waals surface area contributed by atoms with Crippen LogP contribution in [-0.4, -0.2) is 29.4 Å². The molecule has 15 heavy (non-hydrogen) atoms. The Kier molecular flexibility index (Phi) is 3.42. The highest BCUT2D eigenvalue weighted by molar-refractivity contribution is 7.99. The molecule has 0 aliphatic rings. The molecule has 82 valence electrons. The standard InChI is InChI=1S/C10H11ClO3S/c1-14-10(12)8-6-7(15(2,3)13)4-5-9(8)11/h4-6H,2H2,1,3H3. The normalized spacial score (nSPS) is 14.3. The molecule has 0 bridgehead atoms. The average molecular weight is 247 g/mol. The Morgan fingerprint density at radius 2 is 2.13 bits per heavy atom. The Labute approximate surface area is 94.0 Å². The Balaban J connectivity index is 3.36. The van der Waals surface area contributed by atoms with Crippen molar-refractivity contribution in [3.8, 4) is 0 Å². The number of methoxy groups -OCH3 is 1. The summed E-state index contributed by atoms with van der Waals surface area (Å²) in [6, 6.07) is 4.55. The third-order valence-corrected chi connectivity index (χ3v) is 3.42. The van der Waals surface area contributed by atoms with E-state index in [1.165, 1.54) is 25.5 Å². The highest BCUT2D eigenvalue weighted by atomic mass is 35.5. The molecule has 0 fully saturated rings. The molecule has 0 amide bonds. The van der Waals surface area contributed by atoms with Crippen molar-refractivity contribution in [2.24, 2.45) is 0 Å². The summed E-state index contributed by atoms with van der Waals surface area (Å²) in [5.74, 6) is 2.98. The van der Waals surface area contributed by atoms with Gasteiger partial charge in [0, 0.05) is 11.2 Å². The summed E-state index contributed by atoms with van der Waals surface area (Å²) in [7, 11) is -1.09. The summed E-state index contributed by atoms with van der Waals surface area (Å²) in [6.45, 7) is 0. The number of halogens is 1. The molecule has 0 aromatic heterocycles. The van der Waals surface area contributed by atoms with Gasteiger partial charge in [-0.3, -0.25) is 4.21 Å². The van der Waals surface area contributed by atoms with Crippen molar-refractivity contribution in [3.63, 3.8) is 0 Å². The Morgan fingerprint density at radius 1 is 1.53 bits per heavy atom. The van der Waals surface area contributed by atoms with Gasteiger partial charge in [0.2, 0.25) is 0 Å². The van der Waals surface area contributed by atoms with Gasteiger partial charge in [0.25, 0.3) is 0 Å². The Bertz CT molecular complexity index is 491. The average Bonchev–Trinajstić information content (AvgIpc) is 2.15. The minimum absolute atomic E-state index is 0.204. The quantitative estimate of drug-likeness (QED) is 0.591. The fourth-order valence-corrected chi connectivity index (χ4v) is 1.96. The van der Waals surface area contributed by atoms with E-state index in [0.29, 0.717) is 4.90 Å². The van der Waals surface area contributed by atoms with Gasteiger partial charge in [-0.25, -0.2) is 4.79 Å². The second kappa shape index (κ2) is 4.24. The van der Waals surface area contributed by atoms with E-state index >= 15 is 0 Å². The number of rotatable bonds is 2. The molecule has 0 heterocycles. The molecule has 1 aromatic rings. The van der Waals surface area contributed by atoms with E-state index in [4.69, 9.17) is 11.6 Å². The van der Waals surface area contributed by atoms with E-state index < -0.39 is 15.5 Å². The van der Waals surface area contributed by atoms with Crippen molar-refractivity contribution in [1.82, 2.24) is 0 Å². The molecule has 0 saturated heterocycles. The van der Waals surface area contributed by atoms with Gasteiger partial charge in [0.15, 0.2) is 0 Å². The lowest BCUT2D eigenvalue weighted by molar-refractivity contribution is 0.0600. The first-order valence-corrected chi connectivity index (χ1v) is 6.57. The lowest BCUT2D eigenvalue weighted by atomic mass is 10.2. The third kappa shape index (κ3) is 2.73. The van der Waals surface area contributed by atoms with Crippen LogP contribution in [0.25, 0.3) is 0 Å². The van der Waals surface area contributed by atoms with Crippen LogP contribution in [0, 0.1) is 0 Å². The van der Waals surface area contributed by atoms with Gasteiger partial charge < -0.3 is 4.74 Å². The highest BCUT2D eigenvalue weighted by Crippen LogP contribution is 2.21. The van der Waals surface area contributed by atoms with Crippen LogP contribution in [0.5, 0.6) is 0 Å². The summed E-state index contributed by atoms with van der Waals surface area (Å²) >= 11 is 5.81. The molecule has 1 atom stereocenters. The second-order valence-corrected chi connectivity index (χ2v) is 6.03. The van der Waals surface area contributed by atoms with Crippen LogP contribution in [0.4, 0.5) is 0 Å². The number of carbonyl (C=O) groups is 1. The highest BCUT2D eigenvalue weighted by Gasteiger charge is 2.13. The van der Waals surface area contributed by atoms with Crippen LogP contribution < -0.4 is 0 Å². The lowest BCUT2D eigenvalue weighted by Gasteiger charge is -2.06. The Hall–Kier alpha value is -1.00. The predicted octanol–water partition coefficient (Wildman–Crippen LogP) is 1.83. The van der Waals surface area contributed by atoms with Crippen molar-refractivity contribution in [1.29, 1.82) is 0 Å². The van der Waals surface area contributed by atoms with Gasteiger partial charge in [0.05, 0.1) is 17.7 Å². The lowest BCUT2D eigenvalue weighted by Crippen LogP contribution is -2.05. The monoisotopic (exact) mass is 246 g/mol. The molecule has 0 saturated carbocycles. The molecule has 0 radical (unpaired) electrons. The summed E-state index contributed by atoms with van der Waals surface area (Å²) in [5, 5.41) is 0.272. The maximum atomic E-state index is 11.7. The van der Waals surface area contributed by atoms with Gasteiger partial charge in [-0.2, -0.15) is 0 Å². The molecule has 1 aromatic carbocycles. The van der Waals surface area contributed by atoms with Crippen LogP contribution in [0.2, 0.25) is 5.02 Å². The van der Waals surface area contributed by atoms with Gasteiger partial charge in [-0.05, 0) is 33.6 Å². The van der Waals surface area contributed by atoms with Crippen LogP contribution in [0.1, 0.15) is 10.4 Å². The first-order chi connectivity index (χ1) is 6.86. The second-order valence-electron chi connectivity index (χ2n) is 3.14. The summed E-state index contributed by atoms with van der Waals surface area (Å²) in [4.78, 5) is 11.8. The number of hydrogen-bond donors (Lipinski definition) is 0. The maximum Gasteiger partial charge on any atom is 0.339 e. The fourth-order valence-electron chi connectivity index (χ4n) is 1.04. The third-order valence-electron chi connectivity index (χ3n) is 1.84. The first kappa shape index (κ1) is 12.1. The van der Waals surface area contributed by atoms with Crippen molar-refractivity contribution in [2.45, 2.75) is 4.90 Å². The molecule has 1 rings (SSSR count). The molecule has 3 nitrogen and oxygen atoms in total. The zero-order valence-electron chi connectivity index (χ0n) is 8.45. The topological polar surface area (TPSA) is 43.4 Å². The summed E-state index contributed by atoms with van der Waals surface area (Å²) < 4.78 is 16.2. The van der Waals surface area contributed by atoms with Crippen molar-refractivity contribution in [3.05, 3.63) is 28.8 Å². The smallest absolute Gasteiger partial charge is 0.339 e. The molecule has 0 spiro atoms. The SMILES string of the molecule is C=S(C)(=O)c1ccc(Cl)c(C(=O)OC)c1. The molecule has 0 aliphatic heterocycles. The van der Waals surface area contributed by atoms with Crippen LogP contribution in [0.15, 0.2) is 23.1 Å². The number of hydrogen-bond acceptors (Lipinski definition) is 3. The molecular weight excluding hydrogens is 236 g/mol. The van der Waals surface area contributed by atoms with Crippen molar-refractivity contribution in [2.75, 3.05) is 13.4 Å². The zero-order chi connectivity index (χ0) is 11.6. The number of esters is 1.